The van der Waals surface area contributed by atoms with Crippen molar-refractivity contribution in [3.05, 3.63) is 36.0 Å². The summed E-state index contributed by atoms with van der Waals surface area (Å²) in [5, 5.41) is 54.2. The van der Waals surface area contributed by atoms with Gasteiger partial charge in [0.05, 0.1) is 127 Å². The highest BCUT2D eigenvalue weighted by Gasteiger charge is 2.65. The lowest BCUT2D eigenvalue weighted by Gasteiger charge is -2.61. The first-order valence-electron chi connectivity index (χ1n) is 29.0. The Morgan fingerprint density at radius 1 is 0.773 bits per heavy atom. The number of hydrogen-bond acceptors (Lipinski definition) is 15. The fraction of sp³-hybridized carbons (Fsp3) is 0.881. The van der Waals surface area contributed by atoms with E-state index >= 15 is 0 Å². The lowest BCUT2D eigenvalue weighted by Crippen LogP contribution is -2.74. The average molecular weight is 1060 g/mol. The first-order valence-corrected chi connectivity index (χ1v) is 29.0. The van der Waals surface area contributed by atoms with E-state index in [1.54, 1.807) is 0 Å². The molecule has 0 bridgehead atoms. The van der Waals surface area contributed by atoms with E-state index in [-0.39, 0.29) is 116 Å². The summed E-state index contributed by atoms with van der Waals surface area (Å²) in [5.74, 6) is -0.742. The Labute approximate surface area is 445 Å². The topological polar surface area (TPSA) is 211 Å². The molecule has 9 saturated heterocycles. The molecule has 10 heterocycles. The van der Waals surface area contributed by atoms with Crippen molar-refractivity contribution in [2.24, 2.45) is 23.7 Å². The van der Waals surface area contributed by atoms with Gasteiger partial charge in [0, 0.05) is 44.6 Å². The highest BCUT2D eigenvalue weighted by Crippen LogP contribution is 2.54. The van der Waals surface area contributed by atoms with Crippen LogP contribution in [-0.4, -0.2) is 176 Å². The van der Waals surface area contributed by atoms with E-state index in [0.717, 1.165) is 17.6 Å². The summed E-state index contributed by atoms with van der Waals surface area (Å²) in [7, 11) is 0. The van der Waals surface area contributed by atoms with Crippen molar-refractivity contribution in [2.75, 3.05) is 6.61 Å². The molecule has 9 fully saturated rings. The molecule has 75 heavy (non-hydrogen) atoms. The molecular formula is C59H92O16. The molecule has 0 saturated carbocycles. The minimum absolute atomic E-state index is 0.0214. The number of rotatable bonds is 11. The molecule has 424 valence electrons. The van der Waals surface area contributed by atoms with Gasteiger partial charge in [-0.15, -0.1) is 0 Å². The van der Waals surface area contributed by atoms with Crippen LogP contribution in [0.1, 0.15) is 159 Å². The molecule has 10 aliphatic heterocycles. The lowest BCUT2D eigenvalue weighted by atomic mass is 9.72. The lowest BCUT2D eigenvalue weighted by molar-refractivity contribution is -0.369. The Balaban J connectivity index is 0.787. The number of aliphatic hydroxyl groups is 4. The SMILES string of the molecule is C=C1C[C@H]2O[C@@H]3[C@@H](C[C@]2(C)O[C@@H]1C/C(C)=C/[C@@H](C)CO)O[C@H]1C[C@H]2O[C@H]4CC[C@H]5O[C@H]6C[C@H]7O[C@@H](C[C@H](O)C[C@H]8C[C@H](C)[C@H]([C@H](C)CC(=O)O)O8)[C@@H](O)CC[C@@H]7O[C@]6(C)C[C@]5(C)O[C@@H]4C/C=C\[C@H](C)[C@@H]2O[C@]1(C)[C@H]3O. The number of carboxylic acid groups (broad SMARTS) is 1. The third-order valence-electron chi connectivity index (χ3n) is 19.8. The van der Waals surface area contributed by atoms with Crippen molar-refractivity contribution >= 4 is 5.97 Å². The van der Waals surface area contributed by atoms with E-state index in [4.69, 9.17) is 47.4 Å². The third kappa shape index (κ3) is 11.3. The van der Waals surface area contributed by atoms with Crippen LogP contribution < -0.4 is 0 Å². The van der Waals surface area contributed by atoms with Crippen molar-refractivity contribution in [1.29, 1.82) is 0 Å². The van der Waals surface area contributed by atoms with Crippen LogP contribution in [0.15, 0.2) is 36.0 Å². The average Bonchev–Trinajstić information content (AvgIpc) is 3.59. The molecule has 27 atom stereocenters. The van der Waals surface area contributed by atoms with Gasteiger partial charge in [0.15, 0.2) is 0 Å². The number of carboxylic acids is 1. The minimum atomic E-state index is -1.05. The van der Waals surface area contributed by atoms with Crippen LogP contribution in [0.3, 0.4) is 0 Å². The van der Waals surface area contributed by atoms with Crippen molar-refractivity contribution in [3.63, 3.8) is 0 Å². The maximum Gasteiger partial charge on any atom is 0.303 e. The molecule has 0 aromatic rings. The number of aliphatic carboxylic acids is 1. The number of ether oxygens (including phenoxy) is 10. The molecule has 0 aliphatic carbocycles. The normalized spacial score (nSPS) is 51.6. The van der Waals surface area contributed by atoms with E-state index < -0.39 is 71.1 Å². The van der Waals surface area contributed by atoms with Gasteiger partial charge in [-0.3, -0.25) is 4.79 Å². The van der Waals surface area contributed by atoms with Crippen molar-refractivity contribution in [1.82, 2.24) is 0 Å². The van der Waals surface area contributed by atoms with Gasteiger partial charge in [0.1, 0.15) is 17.8 Å². The molecule has 10 rings (SSSR count). The summed E-state index contributed by atoms with van der Waals surface area (Å²) >= 11 is 0. The van der Waals surface area contributed by atoms with E-state index in [0.29, 0.717) is 77.0 Å². The predicted molar refractivity (Wildman–Crippen MR) is 276 cm³/mol. The summed E-state index contributed by atoms with van der Waals surface area (Å²) in [4.78, 5) is 11.4. The second kappa shape index (κ2) is 21.9. The summed E-state index contributed by atoms with van der Waals surface area (Å²) in [6.07, 6.45) is 6.94. The molecule has 16 heteroatoms. The second-order valence-corrected chi connectivity index (χ2v) is 26.3. The van der Waals surface area contributed by atoms with E-state index in [9.17, 15) is 30.3 Å². The molecule has 10 aliphatic rings. The predicted octanol–water partition coefficient (Wildman–Crippen LogP) is 6.84. The van der Waals surface area contributed by atoms with Crippen LogP contribution in [0.5, 0.6) is 0 Å². The van der Waals surface area contributed by atoms with E-state index in [1.807, 2.05) is 20.8 Å². The molecule has 5 N–H and O–H groups in total. The summed E-state index contributed by atoms with van der Waals surface area (Å²) in [6.45, 7) is 23.1. The summed E-state index contributed by atoms with van der Waals surface area (Å²) < 4.78 is 69.8. The number of carbonyl (C=O) groups is 1. The van der Waals surface area contributed by atoms with Crippen LogP contribution >= 0.6 is 0 Å². The van der Waals surface area contributed by atoms with Crippen molar-refractivity contribution < 1.29 is 77.7 Å². The Morgan fingerprint density at radius 3 is 2.27 bits per heavy atom. The highest BCUT2D eigenvalue weighted by molar-refractivity contribution is 5.67. The zero-order valence-electron chi connectivity index (χ0n) is 46.3. The number of hydrogen-bond donors (Lipinski definition) is 5. The molecule has 0 radical (unpaired) electrons. The molecule has 0 aromatic heterocycles. The monoisotopic (exact) mass is 1060 g/mol. The maximum absolute atomic E-state index is 12.4. The quantitative estimate of drug-likeness (QED) is 0.134. The molecule has 0 aromatic carbocycles. The van der Waals surface area contributed by atoms with Crippen molar-refractivity contribution in [3.8, 4) is 0 Å². The van der Waals surface area contributed by atoms with Crippen LogP contribution in [0, 0.1) is 23.7 Å². The summed E-state index contributed by atoms with van der Waals surface area (Å²) in [5.41, 5.74) is -0.952. The van der Waals surface area contributed by atoms with Gasteiger partial charge in [-0.1, -0.05) is 58.1 Å². The number of aliphatic hydroxyl groups excluding tert-OH is 4. The Morgan fingerprint density at radius 2 is 1.51 bits per heavy atom. The van der Waals surface area contributed by atoms with E-state index in [2.05, 4.69) is 66.3 Å². The summed E-state index contributed by atoms with van der Waals surface area (Å²) in [6, 6.07) is 0. The fourth-order valence-electron chi connectivity index (χ4n) is 15.8. The van der Waals surface area contributed by atoms with Gasteiger partial charge in [0.25, 0.3) is 0 Å². The highest BCUT2D eigenvalue weighted by atomic mass is 16.6. The zero-order valence-corrected chi connectivity index (χ0v) is 46.3. The smallest absolute Gasteiger partial charge is 0.303 e. The van der Waals surface area contributed by atoms with Crippen molar-refractivity contribution in [2.45, 2.75) is 297 Å². The maximum atomic E-state index is 12.4. The standard InChI is InChI=1S/C59H92O16/c1-30(18-31(2)28-60)19-42-33(4)21-48-56(7,74-42)27-46-54(71-48)55(65)59(10)50(69-46)26-45-53(75-59)32(3)12-11-13-40-39(67-45)16-17-47-57(8,72-40)29-58(9)49(70-47)25-44-41(73-58)15-14-38(62)43(68-44)24-36(61)23-37-20-34(5)52(66-37)35(6)22-51(63)64/h11-12,18,31-32,34-50,52-55,60-62,65H,4,13-17,19-29H2,1-3,5-10H3,(H,63,64)/b12-11-,30-18+/t31-,32+,34+,35-,36-,37-,38+,39+,40-,41+,42-,43+,44-,45-,46-,47-,48-,49+,50+,52-,53+,54-,55+,56+,57+,58-,59+/m1/s1. The van der Waals surface area contributed by atoms with E-state index in [1.165, 1.54) is 0 Å². The van der Waals surface area contributed by atoms with Gasteiger partial charge < -0.3 is 72.9 Å². The molecule has 0 amide bonds. The molecule has 0 spiro atoms. The van der Waals surface area contributed by atoms with Crippen LogP contribution in [0.4, 0.5) is 0 Å². The molecule has 16 nitrogen and oxygen atoms in total. The van der Waals surface area contributed by atoms with Gasteiger partial charge in [-0.05, 0) is 116 Å². The zero-order chi connectivity index (χ0) is 53.5. The Hall–Kier alpha value is -1.87. The third-order valence-corrected chi connectivity index (χ3v) is 19.8. The van der Waals surface area contributed by atoms with Gasteiger partial charge >= 0.3 is 5.97 Å². The first kappa shape index (κ1) is 56.4. The minimum Gasteiger partial charge on any atom is -0.481 e. The van der Waals surface area contributed by atoms with Gasteiger partial charge in [0.2, 0.25) is 0 Å². The Kier molecular flexibility index (Phi) is 16.5. The van der Waals surface area contributed by atoms with Gasteiger partial charge in [-0.25, -0.2) is 0 Å². The molecular weight excluding hydrogens is 965 g/mol. The fourth-order valence-corrected chi connectivity index (χ4v) is 15.8. The van der Waals surface area contributed by atoms with Crippen LogP contribution in [-0.2, 0) is 52.2 Å². The largest absolute Gasteiger partial charge is 0.481 e. The number of fused-ring (bicyclic) bond motifs is 8. The van der Waals surface area contributed by atoms with Crippen LogP contribution in [0.25, 0.3) is 0 Å². The van der Waals surface area contributed by atoms with Gasteiger partial charge in [-0.2, -0.15) is 0 Å². The first-order chi connectivity index (χ1) is 35.5. The molecule has 0 unspecified atom stereocenters. The van der Waals surface area contributed by atoms with Crippen LogP contribution in [0.2, 0.25) is 0 Å². The second-order valence-electron chi connectivity index (χ2n) is 26.3. The Bertz CT molecular complexity index is 2100.